The van der Waals surface area contributed by atoms with Crippen LogP contribution in [0.5, 0.6) is 17.2 Å². The fourth-order valence-corrected chi connectivity index (χ4v) is 4.01. The van der Waals surface area contributed by atoms with Crippen molar-refractivity contribution in [1.29, 1.82) is 0 Å². The van der Waals surface area contributed by atoms with E-state index in [0.717, 1.165) is 16.7 Å². The van der Waals surface area contributed by atoms with Gasteiger partial charge in [0.05, 0.1) is 20.3 Å². The number of rotatable bonds is 7. The molecule has 6 heteroatoms. The summed E-state index contributed by atoms with van der Waals surface area (Å²) in [6, 6.07) is 19.1. The van der Waals surface area contributed by atoms with E-state index in [1.165, 1.54) is 12.1 Å². The summed E-state index contributed by atoms with van der Waals surface area (Å²) < 4.78 is 30.2. The van der Waals surface area contributed by atoms with E-state index in [2.05, 4.69) is 0 Å². The van der Waals surface area contributed by atoms with Crippen LogP contribution >= 0.6 is 0 Å². The Bertz CT molecular complexity index is 1130. The summed E-state index contributed by atoms with van der Waals surface area (Å²) >= 11 is 0. The van der Waals surface area contributed by atoms with Gasteiger partial charge in [0, 0.05) is 12.6 Å². The molecule has 0 saturated heterocycles. The molecule has 0 aromatic heterocycles. The largest absolute Gasteiger partial charge is 0.493 e. The van der Waals surface area contributed by atoms with Crippen molar-refractivity contribution < 1.29 is 23.4 Å². The summed E-state index contributed by atoms with van der Waals surface area (Å²) in [4.78, 5) is 15.0. The molecule has 170 valence electrons. The Morgan fingerprint density at radius 3 is 2.42 bits per heavy atom. The predicted octanol–water partition coefficient (Wildman–Crippen LogP) is 5.06. The Hall–Kier alpha value is -3.80. The molecular formula is C27H26FNO4. The summed E-state index contributed by atoms with van der Waals surface area (Å²) in [7, 11) is 3.19. The van der Waals surface area contributed by atoms with Crippen molar-refractivity contribution in [3.8, 4) is 17.2 Å². The quantitative estimate of drug-likeness (QED) is 0.475. The third-order valence-corrected chi connectivity index (χ3v) is 5.73. The number of halogens is 1. The molecule has 1 amide bonds. The van der Waals surface area contributed by atoms with Crippen LogP contribution < -0.4 is 14.2 Å². The highest BCUT2D eigenvalue weighted by Gasteiger charge is 2.32. The minimum Gasteiger partial charge on any atom is -0.493 e. The number of ether oxygens (including phenoxy) is 3. The van der Waals surface area contributed by atoms with Crippen molar-refractivity contribution in [2.45, 2.75) is 12.5 Å². The van der Waals surface area contributed by atoms with E-state index >= 15 is 0 Å². The second kappa shape index (κ2) is 10.2. The second-order valence-corrected chi connectivity index (χ2v) is 7.71. The first-order chi connectivity index (χ1) is 16.1. The first kappa shape index (κ1) is 22.4. The van der Waals surface area contributed by atoms with E-state index < -0.39 is 0 Å². The zero-order chi connectivity index (χ0) is 23.2. The Kier molecular flexibility index (Phi) is 6.93. The first-order valence-corrected chi connectivity index (χ1v) is 10.8. The fourth-order valence-electron chi connectivity index (χ4n) is 4.01. The van der Waals surface area contributed by atoms with Crippen molar-refractivity contribution in [3.63, 3.8) is 0 Å². The molecule has 1 heterocycles. The van der Waals surface area contributed by atoms with Gasteiger partial charge in [-0.3, -0.25) is 4.79 Å². The molecule has 1 aliphatic heterocycles. The molecule has 0 bridgehead atoms. The van der Waals surface area contributed by atoms with Gasteiger partial charge in [0.2, 0.25) is 5.91 Å². The van der Waals surface area contributed by atoms with Crippen LogP contribution in [0.15, 0.2) is 72.8 Å². The molecule has 0 spiro atoms. The molecule has 33 heavy (non-hydrogen) atoms. The molecule has 0 saturated carbocycles. The van der Waals surface area contributed by atoms with Crippen molar-refractivity contribution in [1.82, 2.24) is 4.90 Å². The molecule has 1 unspecified atom stereocenters. The van der Waals surface area contributed by atoms with E-state index in [1.807, 2.05) is 48.5 Å². The highest BCUT2D eigenvalue weighted by Crippen LogP contribution is 2.38. The van der Waals surface area contributed by atoms with Gasteiger partial charge in [0.25, 0.3) is 0 Å². The molecule has 1 atom stereocenters. The number of nitrogens with zero attached hydrogens (tertiary/aromatic N) is 1. The number of amides is 1. The van der Waals surface area contributed by atoms with Gasteiger partial charge in [0.1, 0.15) is 18.2 Å². The molecule has 0 radical (unpaired) electrons. The third-order valence-electron chi connectivity index (χ3n) is 5.73. The maximum absolute atomic E-state index is 13.3. The molecule has 3 aromatic carbocycles. The average Bonchev–Trinajstić information content (AvgIpc) is 2.86. The fraction of sp³-hybridized carbons (Fsp3) is 0.222. The third kappa shape index (κ3) is 5.17. The Labute approximate surface area is 193 Å². The Balaban J connectivity index is 1.64. The normalized spacial score (nSPS) is 15.2. The minimum absolute atomic E-state index is 0.105. The highest BCUT2D eigenvalue weighted by molar-refractivity contribution is 5.92. The number of methoxy groups -OCH3 is 2. The van der Waals surface area contributed by atoms with Gasteiger partial charge >= 0.3 is 0 Å². The number of hydrogen-bond donors (Lipinski definition) is 0. The van der Waals surface area contributed by atoms with Crippen LogP contribution in [-0.2, 0) is 11.2 Å². The minimum atomic E-state index is -0.341. The topological polar surface area (TPSA) is 48.0 Å². The number of fused-ring (bicyclic) bond motifs is 1. The number of carbonyl (C=O) groups excluding carboxylic acids is 1. The van der Waals surface area contributed by atoms with Crippen molar-refractivity contribution in [2.75, 3.05) is 27.4 Å². The smallest absolute Gasteiger partial charge is 0.247 e. The summed E-state index contributed by atoms with van der Waals surface area (Å²) in [6.07, 6.45) is 4.09. The van der Waals surface area contributed by atoms with Crippen LogP contribution in [0.3, 0.4) is 0 Å². The Morgan fingerprint density at radius 2 is 1.73 bits per heavy atom. The van der Waals surface area contributed by atoms with E-state index in [0.29, 0.717) is 30.2 Å². The molecular weight excluding hydrogens is 421 g/mol. The van der Waals surface area contributed by atoms with Crippen molar-refractivity contribution >= 4 is 12.0 Å². The van der Waals surface area contributed by atoms with E-state index in [-0.39, 0.29) is 24.4 Å². The standard InChI is InChI=1S/C27H26FNO4/c1-31-25-16-20-14-15-29(27(30)13-8-19-6-4-3-5-7-19)24(23(20)17-26(25)32-2)18-33-22-11-9-21(28)10-12-22/h3-13,16-17,24H,14-15,18H2,1-2H3/b13-8+. The lowest BCUT2D eigenvalue weighted by Gasteiger charge is -2.37. The van der Waals surface area contributed by atoms with E-state index in [1.54, 1.807) is 37.3 Å². The van der Waals surface area contributed by atoms with Gasteiger partial charge < -0.3 is 19.1 Å². The monoisotopic (exact) mass is 447 g/mol. The number of carbonyl (C=O) groups is 1. The van der Waals surface area contributed by atoms with Gasteiger partial charge in [-0.2, -0.15) is 0 Å². The molecule has 3 aromatic rings. The van der Waals surface area contributed by atoms with Crippen LogP contribution in [-0.4, -0.2) is 38.2 Å². The van der Waals surface area contributed by atoms with E-state index in [9.17, 15) is 9.18 Å². The maximum Gasteiger partial charge on any atom is 0.247 e. The summed E-state index contributed by atoms with van der Waals surface area (Å²) in [5.74, 6) is 1.35. The molecule has 0 aliphatic carbocycles. The maximum atomic E-state index is 13.3. The SMILES string of the molecule is COc1cc2c(cc1OC)C(COc1ccc(F)cc1)N(C(=O)/C=C/c1ccccc1)CC2. The molecule has 1 aliphatic rings. The van der Waals surface area contributed by atoms with Crippen LogP contribution in [0.4, 0.5) is 4.39 Å². The summed E-state index contributed by atoms with van der Waals surface area (Å²) in [6.45, 7) is 0.761. The highest BCUT2D eigenvalue weighted by atomic mass is 19.1. The second-order valence-electron chi connectivity index (χ2n) is 7.71. The van der Waals surface area contributed by atoms with Crippen LogP contribution in [0.25, 0.3) is 6.08 Å². The summed E-state index contributed by atoms with van der Waals surface area (Å²) in [5.41, 5.74) is 2.98. The molecule has 0 N–H and O–H groups in total. The molecule has 4 rings (SSSR count). The van der Waals surface area contributed by atoms with Gasteiger partial charge in [0.15, 0.2) is 11.5 Å². The van der Waals surface area contributed by atoms with Crippen LogP contribution in [0, 0.1) is 5.82 Å². The van der Waals surface area contributed by atoms with Gasteiger partial charge in [-0.05, 0) is 65.6 Å². The zero-order valence-corrected chi connectivity index (χ0v) is 18.7. The predicted molar refractivity (Wildman–Crippen MR) is 125 cm³/mol. The van der Waals surface area contributed by atoms with Gasteiger partial charge in [-0.15, -0.1) is 0 Å². The van der Waals surface area contributed by atoms with E-state index in [4.69, 9.17) is 14.2 Å². The van der Waals surface area contributed by atoms with Gasteiger partial charge in [-0.1, -0.05) is 30.3 Å². The number of benzene rings is 3. The van der Waals surface area contributed by atoms with Crippen LogP contribution in [0.2, 0.25) is 0 Å². The Morgan fingerprint density at radius 1 is 1.03 bits per heavy atom. The van der Waals surface area contributed by atoms with Crippen LogP contribution in [0.1, 0.15) is 22.7 Å². The first-order valence-electron chi connectivity index (χ1n) is 10.8. The van der Waals surface area contributed by atoms with Crippen molar-refractivity contribution in [2.24, 2.45) is 0 Å². The lowest BCUT2D eigenvalue weighted by atomic mass is 9.92. The lowest BCUT2D eigenvalue weighted by Crippen LogP contribution is -2.41. The zero-order valence-electron chi connectivity index (χ0n) is 18.7. The lowest BCUT2D eigenvalue weighted by molar-refractivity contribution is -0.129. The molecule has 0 fully saturated rings. The van der Waals surface area contributed by atoms with Gasteiger partial charge in [-0.25, -0.2) is 4.39 Å². The number of hydrogen-bond acceptors (Lipinski definition) is 4. The summed E-state index contributed by atoms with van der Waals surface area (Å²) in [5, 5.41) is 0. The average molecular weight is 448 g/mol. The van der Waals surface area contributed by atoms with Crippen molar-refractivity contribution in [3.05, 3.63) is 95.3 Å². The molecule has 5 nitrogen and oxygen atoms in total.